The summed E-state index contributed by atoms with van der Waals surface area (Å²) >= 11 is 0. The van der Waals surface area contributed by atoms with Gasteiger partial charge in [-0.2, -0.15) is 13.2 Å². The van der Waals surface area contributed by atoms with Crippen molar-refractivity contribution in [2.24, 2.45) is 0 Å². The molecule has 0 saturated heterocycles. The van der Waals surface area contributed by atoms with Crippen LogP contribution in [-0.2, 0) is 32.3 Å². The van der Waals surface area contributed by atoms with Gasteiger partial charge in [0.05, 0.1) is 16.8 Å². The van der Waals surface area contributed by atoms with Crippen LogP contribution in [0.4, 0.5) is 18.9 Å². The number of halogens is 3. The first-order valence-electron chi connectivity index (χ1n) is 8.15. The topological polar surface area (TPSA) is 72.5 Å². The zero-order valence-electron chi connectivity index (χ0n) is 15.1. The monoisotopic (exact) mass is 413 g/mol. The molecule has 150 valence electrons. The third kappa shape index (κ3) is 5.91. The second-order valence-corrected chi connectivity index (χ2v) is 7.43. The van der Waals surface area contributed by atoms with Gasteiger partial charge in [-0.15, -0.1) is 0 Å². The smallest absolute Gasteiger partial charge is 0.418 e. The molecule has 0 bridgehead atoms. The largest absolute Gasteiger partial charge is 0.449 e. The Bertz CT molecular complexity index is 899. The number of anilines is 1. The van der Waals surface area contributed by atoms with Gasteiger partial charge in [0.15, 0.2) is 6.10 Å². The lowest BCUT2D eigenvalue weighted by molar-refractivity contribution is -0.137. The molecule has 5 nitrogen and oxygen atoms in total. The maximum Gasteiger partial charge on any atom is 0.418 e. The average molecular weight is 413 g/mol. The number of esters is 1. The van der Waals surface area contributed by atoms with Gasteiger partial charge in [-0.1, -0.05) is 24.3 Å². The van der Waals surface area contributed by atoms with E-state index in [1.807, 2.05) is 0 Å². The zero-order valence-corrected chi connectivity index (χ0v) is 15.9. The molecular weight excluding hydrogens is 395 g/mol. The van der Waals surface area contributed by atoms with Gasteiger partial charge in [-0.3, -0.25) is 9.00 Å². The third-order valence-corrected chi connectivity index (χ3v) is 4.42. The lowest BCUT2D eigenvalue weighted by Gasteiger charge is -2.17. The maximum atomic E-state index is 13.0. The molecule has 0 heterocycles. The van der Waals surface area contributed by atoms with Crippen molar-refractivity contribution in [1.29, 1.82) is 0 Å². The Morgan fingerprint density at radius 3 is 2.46 bits per heavy atom. The quantitative estimate of drug-likeness (QED) is 0.732. The van der Waals surface area contributed by atoms with Crippen molar-refractivity contribution in [2.75, 3.05) is 11.6 Å². The molecule has 0 aromatic heterocycles. The van der Waals surface area contributed by atoms with Gasteiger partial charge in [-0.05, 0) is 36.8 Å². The number of nitrogens with one attached hydrogen (secondary N) is 1. The second kappa shape index (κ2) is 9.01. The minimum atomic E-state index is -4.64. The van der Waals surface area contributed by atoms with E-state index in [9.17, 15) is 27.0 Å². The van der Waals surface area contributed by atoms with E-state index >= 15 is 0 Å². The summed E-state index contributed by atoms with van der Waals surface area (Å²) in [5.74, 6) is -1.45. The molecule has 0 fully saturated rings. The van der Waals surface area contributed by atoms with Gasteiger partial charge in [0.25, 0.3) is 5.91 Å². The summed E-state index contributed by atoms with van der Waals surface area (Å²) in [6.07, 6.45) is -4.43. The van der Waals surface area contributed by atoms with Crippen molar-refractivity contribution in [1.82, 2.24) is 0 Å². The molecule has 2 rings (SSSR count). The first-order valence-corrected chi connectivity index (χ1v) is 9.87. The standard InChI is InChI=1S/C19H18F3NO4S/c1-12(17(24)23-16-9-4-3-8-15(16)19(20,21)22)27-18(25)14-7-5-6-13(10-14)11-28(2)26/h3-10,12H,11H2,1-2H3,(H,23,24). The lowest BCUT2D eigenvalue weighted by Crippen LogP contribution is -2.30. The molecule has 2 unspecified atom stereocenters. The van der Waals surface area contributed by atoms with Gasteiger partial charge < -0.3 is 10.1 Å². The lowest BCUT2D eigenvalue weighted by atomic mass is 10.1. The van der Waals surface area contributed by atoms with Gasteiger partial charge in [-0.25, -0.2) is 4.79 Å². The van der Waals surface area contributed by atoms with E-state index in [0.29, 0.717) is 5.56 Å². The number of carbonyl (C=O) groups excluding carboxylic acids is 2. The number of para-hydroxylation sites is 1. The molecule has 0 spiro atoms. The highest BCUT2D eigenvalue weighted by Crippen LogP contribution is 2.34. The number of hydrogen-bond acceptors (Lipinski definition) is 4. The van der Waals surface area contributed by atoms with E-state index in [1.54, 1.807) is 12.1 Å². The Kier molecular flexibility index (Phi) is 6.95. The molecule has 0 aliphatic rings. The van der Waals surface area contributed by atoms with Crippen LogP contribution < -0.4 is 5.32 Å². The Morgan fingerprint density at radius 2 is 1.82 bits per heavy atom. The summed E-state index contributed by atoms with van der Waals surface area (Å²) in [5, 5.41) is 2.13. The predicted octanol–water partition coefficient (Wildman–Crippen LogP) is 3.77. The highest BCUT2D eigenvalue weighted by molar-refractivity contribution is 7.83. The Hall–Kier alpha value is -2.68. The summed E-state index contributed by atoms with van der Waals surface area (Å²) < 4.78 is 55.3. The summed E-state index contributed by atoms with van der Waals surface area (Å²) in [6, 6.07) is 10.8. The van der Waals surface area contributed by atoms with Crippen molar-refractivity contribution >= 4 is 28.4 Å². The minimum Gasteiger partial charge on any atom is -0.449 e. The zero-order chi connectivity index (χ0) is 20.9. The van der Waals surface area contributed by atoms with Crippen LogP contribution >= 0.6 is 0 Å². The Labute approximate surface area is 162 Å². The van der Waals surface area contributed by atoms with Crippen LogP contribution in [0.25, 0.3) is 0 Å². The molecule has 28 heavy (non-hydrogen) atoms. The fourth-order valence-corrected chi connectivity index (χ4v) is 3.03. The highest BCUT2D eigenvalue weighted by atomic mass is 32.2. The van der Waals surface area contributed by atoms with Gasteiger partial charge in [0.1, 0.15) is 0 Å². The molecule has 2 atom stereocenters. The van der Waals surface area contributed by atoms with Gasteiger partial charge >= 0.3 is 12.1 Å². The van der Waals surface area contributed by atoms with Crippen molar-refractivity contribution in [3.05, 3.63) is 65.2 Å². The van der Waals surface area contributed by atoms with E-state index in [0.717, 1.165) is 12.1 Å². The van der Waals surface area contributed by atoms with Crippen molar-refractivity contribution in [3.8, 4) is 0 Å². The Balaban J connectivity index is 2.07. The molecule has 1 N–H and O–H groups in total. The molecule has 0 aliphatic heterocycles. The van der Waals surface area contributed by atoms with Crippen LogP contribution in [0.1, 0.15) is 28.4 Å². The van der Waals surface area contributed by atoms with Crippen LogP contribution in [0.5, 0.6) is 0 Å². The predicted molar refractivity (Wildman–Crippen MR) is 99.2 cm³/mol. The highest BCUT2D eigenvalue weighted by Gasteiger charge is 2.34. The number of benzene rings is 2. The molecule has 0 saturated carbocycles. The SMILES string of the molecule is CC(OC(=O)c1cccc(CS(C)=O)c1)C(=O)Nc1ccccc1C(F)(F)F. The molecule has 1 amide bonds. The number of amides is 1. The fourth-order valence-electron chi connectivity index (χ4n) is 2.38. The number of ether oxygens (including phenoxy) is 1. The maximum absolute atomic E-state index is 13.0. The normalized spacial score (nSPS) is 13.5. The van der Waals surface area contributed by atoms with Gasteiger partial charge in [0.2, 0.25) is 0 Å². The minimum absolute atomic E-state index is 0.151. The Morgan fingerprint density at radius 1 is 1.14 bits per heavy atom. The second-order valence-electron chi connectivity index (χ2n) is 6.00. The molecule has 0 radical (unpaired) electrons. The molecule has 2 aromatic rings. The number of alkyl halides is 3. The number of carbonyl (C=O) groups is 2. The summed E-state index contributed by atoms with van der Waals surface area (Å²) in [4.78, 5) is 24.4. The number of hydrogen-bond donors (Lipinski definition) is 1. The van der Waals surface area contributed by atoms with E-state index in [2.05, 4.69) is 5.32 Å². The third-order valence-electron chi connectivity index (χ3n) is 3.68. The number of rotatable bonds is 6. The molecular formula is C19H18F3NO4S. The first kappa shape index (κ1) is 21.6. The first-order chi connectivity index (χ1) is 13.1. The van der Waals surface area contributed by atoms with Crippen molar-refractivity contribution in [2.45, 2.75) is 25.0 Å². The van der Waals surface area contributed by atoms with E-state index in [-0.39, 0.29) is 11.3 Å². The fraction of sp³-hybridized carbons (Fsp3) is 0.263. The van der Waals surface area contributed by atoms with Crippen molar-refractivity contribution in [3.63, 3.8) is 0 Å². The van der Waals surface area contributed by atoms with Crippen LogP contribution in [-0.4, -0.2) is 28.4 Å². The van der Waals surface area contributed by atoms with Crippen LogP contribution in [0, 0.1) is 0 Å². The van der Waals surface area contributed by atoms with E-state index in [4.69, 9.17) is 4.74 Å². The summed E-state index contributed by atoms with van der Waals surface area (Å²) in [5.41, 5.74) is -0.609. The molecule has 0 aliphatic carbocycles. The average Bonchev–Trinajstić information content (AvgIpc) is 2.60. The van der Waals surface area contributed by atoms with Gasteiger partial charge in [0, 0.05) is 22.8 Å². The van der Waals surface area contributed by atoms with Crippen LogP contribution in [0.3, 0.4) is 0 Å². The molecule has 2 aromatic carbocycles. The van der Waals surface area contributed by atoms with Crippen LogP contribution in [0.2, 0.25) is 0 Å². The summed E-state index contributed by atoms with van der Waals surface area (Å²) in [7, 11) is -1.10. The van der Waals surface area contributed by atoms with Crippen molar-refractivity contribution < 1.29 is 31.7 Å². The molecule has 9 heteroatoms. The summed E-state index contributed by atoms with van der Waals surface area (Å²) in [6.45, 7) is 1.26. The van der Waals surface area contributed by atoms with E-state index < -0.39 is 46.2 Å². The van der Waals surface area contributed by atoms with E-state index in [1.165, 1.54) is 37.4 Å². The van der Waals surface area contributed by atoms with Crippen LogP contribution in [0.15, 0.2) is 48.5 Å².